The number of carbonyl (C=O) groups excluding carboxylic acids is 2. The minimum absolute atomic E-state index is 0.284. The van der Waals surface area contributed by atoms with E-state index in [4.69, 9.17) is 15.9 Å². The summed E-state index contributed by atoms with van der Waals surface area (Å²) in [4.78, 5) is 31.0. The minimum Gasteiger partial charge on any atom is -0.383 e. The second kappa shape index (κ2) is 9.62. The van der Waals surface area contributed by atoms with E-state index < -0.39 is 0 Å². The fourth-order valence-electron chi connectivity index (χ4n) is 3.15. The molecule has 4 aromatic rings. The van der Waals surface area contributed by atoms with Crippen LogP contribution in [-0.2, 0) is 4.79 Å². The highest BCUT2D eigenvalue weighted by molar-refractivity contribution is 7.19. The molecule has 0 spiro atoms. The number of fused-ring (bicyclic) bond motifs is 1. The average Bonchev–Trinajstić information content (AvgIpc) is 3.06. The fraction of sp³-hybridized carbons (Fsp3) is 0.0909. The number of hydrogen-bond donors (Lipinski definition) is 4. The standard InChI is InChI=1S/C21H19N5OS.CHNO/c1-12-4-3-5-16(10-12)26-21(27)25-15-8-6-14(7-9-15)17-13(2)28-20-18(17)19(22)23-11-24-20;2-1-3/h3-11H,1-2H3,(H2,22,23,24)(H2,25,26,27);2H. The van der Waals surface area contributed by atoms with Crippen molar-refractivity contribution >= 4 is 50.9 Å². The Morgan fingerprint density at radius 3 is 2.42 bits per heavy atom. The first kappa shape index (κ1) is 21.6. The predicted octanol–water partition coefficient (Wildman–Crippen LogP) is 5.10. The van der Waals surface area contributed by atoms with Crippen LogP contribution in [0.4, 0.5) is 22.0 Å². The summed E-state index contributed by atoms with van der Waals surface area (Å²) < 4.78 is 0. The molecular weight excluding hydrogens is 412 g/mol. The Morgan fingerprint density at radius 1 is 1.06 bits per heavy atom. The Balaban J connectivity index is 0.000000858. The molecule has 2 aromatic carbocycles. The first-order chi connectivity index (χ1) is 14.9. The van der Waals surface area contributed by atoms with Crippen molar-refractivity contribution in [1.82, 2.24) is 9.97 Å². The number of nitrogens with one attached hydrogen (secondary N) is 3. The molecule has 0 saturated carbocycles. The third kappa shape index (κ3) is 5.11. The monoisotopic (exact) mass is 432 g/mol. The summed E-state index contributed by atoms with van der Waals surface area (Å²) in [6.07, 6.45) is 2.23. The van der Waals surface area contributed by atoms with E-state index in [2.05, 4.69) is 20.6 Å². The number of anilines is 3. The minimum atomic E-state index is -0.284. The molecule has 9 heteroatoms. The highest BCUT2D eigenvalue weighted by Crippen LogP contribution is 2.39. The fourth-order valence-corrected chi connectivity index (χ4v) is 4.17. The SMILES string of the molecule is Cc1cccc(NC(=O)Nc2ccc(-c3c(C)sc4ncnc(N)c34)cc2)c1.N=C=O. The third-order valence-corrected chi connectivity index (χ3v) is 5.41. The maximum absolute atomic E-state index is 12.2. The Kier molecular flexibility index (Phi) is 6.71. The average molecular weight is 433 g/mol. The van der Waals surface area contributed by atoms with Crippen LogP contribution in [0.5, 0.6) is 0 Å². The van der Waals surface area contributed by atoms with Crippen LogP contribution < -0.4 is 16.4 Å². The van der Waals surface area contributed by atoms with Gasteiger partial charge in [-0.2, -0.15) is 0 Å². The summed E-state index contributed by atoms with van der Waals surface area (Å²) in [5, 5.41) is 12.0. The number of hydrogen-bond acceptors (Lipinski definition) is 7. The molecule has 4 rings (SSSR count). The molecule has 2 aromatic heterocycles. The molecule has 0 atom stereocenters. The van der Waals surface area contributed by atoms with Crippen molar-refractivity contribution in [3.8, 4) is 11.1 Å². The molecule has 0 aliphatic rings. The maximum Gasteiger partial charge on any atom is 0.323 e. The van der Waals surface area contributed by atoms with Crippen molar-refractivity contribution in [3.05, 3.63) is 65.3 Å². The summed E-state index contributed by atoms with van der Waals surface area (Å²) in [5.41, 5.74) is 10.7. The molecule has 0 saturated heterocycles. The van der Waals surface area contributed by atoms with Gasteiger partial charge in [0.2, 0.25) is 6.08 Å². The van der Waals surface area contributed by atoms with Gasteiger partial charge in [0.05, 0.1) is 5.39 Å². The van der Waals surface area contributed by atoms with Crippen molar-refractivity contribution in [2.75, 3.05) is 16.4 Å². The van der Waals surface area contributed by atoms with E-state index in [1.807, 2.05) is 62.4 Å². The van der Waals surface area contributed by atoms with E-state index in [1.54, 1.807) is 11.3 Å². The highest BCUT2D eigenvalue weighted by Gasteiger charge is 2.15. The van der Waals surface area contributed by atoms with Crippen molar-refractivity contribution in [3.63, 3.8) is 0 Å². The van der Waals surface area contributed by atoms with E-state index in [0.29, 0.717) is 11.5 Å². The molecule has 0 aliphatic carbocycles. The van der Waals surface area contributed by atoms with E-state index in [-0.39, 0.29) is 6.03 Å². The van der Waals surface area contributed by atoms with Crippen molar-refractivity contribution < 1.29 is 9.59 Å². The number of thiophene rings is 1. The predicted molar refractivity (Wildman–Crippen MR) is 124 cm³/mol. The molecule has 2 heterocycles. The van der Waals surface area contributed by atoms with Gasteiger partial charge >= 0.3 is 6.03 Å². The van der Waals surface area contributed by atoms with Gasteiger partial charge in [-0.25, -0.2) is 25.0 Å². The number of amides is 2. The molecule has 0 bridgehead atoms. The molecule has 31 heavy (non-hydrogen) atoms. The Labute approximate surface area is 182 Å². The largest absolute Gasteiger partial charge is 0.383 e. The van der Waals surface area contributed by atoms with Gasteiger partial charge in [0, 0.05) is 21.8 Å². The van der Waals surface area contributed by atoms with Gasteiger partial charge in [0.1, 0.15) is 17.0 Å². The van der Waals surface area contributed by atoms with Crippen LogP contribution in [0.3, 0.4) is 0 Å². The molecule has 0 radical (unpaired) electrons. The number of benzene rings is 2. The number of isocyanates is 1. The molecule has 8 nitrogen and oxygen atoms in total. The van der Waals surface area contributed by atoms with Crippen LogP contribution in [0.15, 0.2) is 54.9 Å². The van der Waals surface area contributed by atoms with Crippen molar-refractivity contribution in [1.29, 1.82) is 5.41 Å². The Hall–Kier alpha value is -4.07. The number of nitrogens with zero attached hydrogens (tertiary/aromatic N) is 2. The summed E-state index contributed by atoms with van der Waals surface area (Å²) in [6.45, 7) is 4.03. The van der Waals surface area contributed by atoms with Crippen molar-refractivity contribution in [2.24, 2.45) is 0 Å². The van der Waals surface area contributed by atoms with Gasteiger partial charge in [-0.15, -0.1) is 11.3 Å². The maximum atomic E-state index is 12.2. The lowest BCUT2D eigenvalue weighted by atomic mass is 10.0. The quantitative estimate of drug-likeness (QED) is 0.264. The van der Waals surface area contributed by atoms with Gasteiger partial charge in [-0.05, 0) is 49.2 Å². The summed E-state index contributed by atoms with van der Waals surface area (Å²) in [7, 11) is 0. The smallest absolute Gasteiger partial charge is 0.323 e. The second-order valence-corrected chi connectivity index (χ2v) is 7.80. The first-order valence-corrected chi connectivity index (χ1v) is 10.0. The molecule has 0 unspecified atom stereocenters. The summed E-state index contributed by atoms with van der Waals surface area (Å²) in [5.74, 6) is 0.476. The van der Waals surface area contributed by atoms with Crippen LogP contribution in [0, 0.1) is 19.3 Å². The first-order valence-electron chi connectivity index (χ1n) is 9.21. The van der Waals surface area contributed by atoms with E-state index in [1.165, 1.54) is 6.33 Å². The van der Waals surface area contributed by atoms with Crippen LogP contribution in [0.2, 0.25) is 0 Å². The van der Waals surface area contributed by atoms with Crippen molar-refractivity contribution in [2.45, 2.75) is 13.8 Å². The lowest BCUT2D eigenvalue weighted by molar-refractivity contribution is 0.262. The van der Waals surface area contributed by atoms with Crippen LogP contribution >= 0.6 is 11.3 Å². The zero-order valence-electron chi connectivity index (χ0n) is 16.9. The van der Waals surface area contributed by atoms with Gasteiger partial charge in [-0.1, -0.05) is 24.3 Å². The third-order valence-electron chi connectivity index (χ3n) is 4.40. The summed E-state index contributed by atoms with van der Waals surface area (Å²) >= 11 is 1.59. The Morgan fingerprint density at radius 2 is 1.74 bits per heavy atom. The zero-order chi connectivity index (χ0) is 22.4. The van der Waals surface area contributed by atoms with E-state index in [0.717, 1.165) is 43.6 Å². The lowest BCUT2D eigenvalue weighted by Gasteiger charge is -2.09. The van der Waals surface area contributed by atoms with Gasteiger partial charge < -0.3 is 16.4 Å². The zero-order valence-corrected chi connectivity index (χ0v) is 17.7. The molecule has 0 fully saturated rings. The Bertz CT molecular complexity index is 1260. The normalized spacial score (nSPS) is 10.0. The number of aromatic nitrogens is 2. The molecule has 156 valence electrons. The lowest BCUT2D eigenvalue weighted by Crippen LogP contribution is -2.19. The summed E-state index contributed by atoms with van der Waals surface area (Å²) in [6, 6.07) is 15.0. The van der Waals surface area contributed by atoms with Gasteiger partial charge in [0.25, 0.3) is 0 Å². The topological polar surface area (TPSA) is 134 Å². The van der Waals surface area contributed by atoms with Gasteiger partial charge in [-0.3, -0.25) is 0 Å². The number of urea groups is 1. The van der Waals surface area contributed by atoms with Crippen LogP contribution in [0.25, 0.3) is 21.3 Å². The van der Waals surface area contributed by atoms with E-state index >= 15 is 0 Å². The molecule has 5 N–H and O–H groups in total. The van der Waals surface area contributed by atoms with Gasteiger partial charge in [0.15, 0.2) is 0 Å². The molecular formula is C22H20N6O2S. The number of carbonyl (C=O) groups is 1. The molecule has 2 amide bonds. The van der Waals surface area contributed by atoms with Crippen LogP contribution in [-0.4, -0.2) is 22.1 Å². The second-order valence-electron chi connectivity index (χ2n) is 6.60. The number of rotatable bonds is 3. The van der Waals surface area contributed by atoms with E-state index in [9.17, 15) is 4.79 Å². The number of nitrogens with two attached hydrogens (primary N) is 1. The molecule has 0 aliphatic heterocycles. The number of nitrogen functional groups attached to an aromatic ring is 1. The van der Waals surface area contributed by atoms with Crippen LogP contribution in [0.1, 0.15) is 10.4 Å². The highest BCUT2D eigenvalue weighted by atomic mass is 32.1. The number of aryl methyl sites for hydroxylation is 2.